The fourth-order valence-electron chi connectivity index (χ4n) is 0.974. The first-order valence-electron chi connectivity index (χ1n) is 5.18. The molecule has 0 aromatic carbocycles. The second kappa shape index (κ2) is 10.0. The Labute approximate surface area is 86.6 Å². The van der Waals surface area contributed by atoms with Crippen LogP contribution in [0.25, 0.3) is 0 Å². The maximum Gasteiger partial charge on any atom is 0.309 e. The second-order valence-electron chi connectivity index (χ2n) is 3.10. The van der Waals surface area contributed by atoms with Gasteiger partial charge in [-0.2, -0.15) is 0 Å². The number of esters is 1. The molecule has 0 radical (unpaired) electrons. The van der Waals surface area contributed by atoms with Crippen LogP contribution in [0.4, 0.5) is 0 Å². The molecule has 0 N–H and O–H groups in total. The van der Waals surface area contributed by atoms with Crippen molar-refractivity contribution < 1.29 is 9.53 Å². The second-order valence-corrected chi connectivity index (χ2v) is 3.10. The summed E-state index contributed by atoms with van der Waals surface area (Å²) < 4.78 is 4.50. The lowest BCUT2D eigenvalue weighted by atomic mass is 10.2. The van der Waals surface area contributed by atoms with E-state index in [-0.39, 0.29) is 5.97 Å². The normalized spacial score (nSPS) is 11.3. The van der Waals surface area contributed by atoms with Crippen molar-refractivity contribution in [2.24, 2.45) is 0 Å². The quantitative estimate of drug-likeness (QED) is 0.355. The van der Waals surface area contributed by atoms with Crippen LogP contribution in [0.5, 0.6) is 0 Å². The maximum absolute atomic E-state index is 10.7. The van der Waals surface area contributed by atoms with E-state index in [1.807, 2.05) is 12.2 Å². The van der Waals surface area contributed by atoms with Gasteiger partial charge in [-0.3, -0.25) is 4.79 Å². The Bertz CT molecular complexity index is 192. The van der Waals surface area contributed by atoms with E-state index in [0.717, 1.165) is 12.8 Å². The van der Waals surface area contributed by atoms with Gasteiger partial charge in [0.05, 0.1) is 13.5 Å². The topological polar surface area (TPSA) is 26.3 Å². The molecule has 80 valence electrons. The Morgan fingerprint density at radius 2 is 1.93 bits per heavy atom. The van der Waals surface area contributed by atoms with Crippen LogP contribution < -0.4 is 0 Å². The summed E-state index contributed by atoms with van der Waals surface area (Å²) in [5, 5.41) is 0. The molecule has 0 heterocycles. The zero-order chi connectivity index (χ0) is 10.6. The molecule has 0 aliphatic carbocycles. The van der Waals surface area contributed by atoms with Crippen LogP contribution in [0.15, 0.2) is 24.3 Å². The van der Waals surface area contributed by atoms with Gasteiger partial charge in [0.15, 0.2) is 0 Å². The molecule has 0 saturated carbocycles. The van der Waals surface area contributed by atoms with Crippen molar-refractivity contribution in [2.45, 2.75) is 39.0 Å². The molecule has 0 aromatic heterocycles. The van der Waals surface area contributed by atoms with Crippen LogP contribution >= 0.6 is 0 Å². The summed E-state index contributed by atoms with van der Waals surface area (Å²) in [4.78, 5) is 10.7. The number of allylic oxidation sites excluding steroid dienone is 3. The molecule has 0 saturated heterocycles. The molecular weight excluding hydrogens is 176 g/mol. The number of methoxy groups -OCH3 is 1. The highest BCUT2D eigenvalue weighted by molar-refractivity contribution is 5.70. The summed E-state index contributed by atoms with van der Waals surface area (Å²) in [6, 6.07) is 0. The third-order valence-corrected chi connectivity index (χ3v) is 1.84. The van der Waals surface area contributed by atoms with Crippen molar-refractivity contribution in [3.8, 4) is 0 Å². The van der Waals surface area contributed by atoms with Crippen LogP contribution in [-0.2, 0) is 9.53 Å². The van der Waals surface area contributed by atoms with Gasteiger partial charge < -0.3 is 4.74 Å². The zero-order valence-corrected chi connectivity index (χ0v) is 9.16. The summed E-state index contributed by atoms with van der Waals surface area (Å²) in [6.45, 7) is 2.18. The van der Waals surface area contributed by atoms with E-state index in [0.29, 0.717) is 6.42 Å². The number of carbonyl (C=O) groups excluding carboxylic acids is 1. The highest BCUT2D eigenvalue weighted by Crippen LogP contribution is 1.97. The molecule has 0 fully saturated rings. The number of rotatable bonds is 7. The van der Waals surface area contributed by atoms with E-state index < -0.39 is 0 Å². The minimum atomic E-state index is -0.184. The molecule has 0 aliphatic rings. The van der Waals surface area contributed by atoms with E-state index in [1.165, 1.54) is 20.0 Å². The number of ether oxygens (including phenoxy) is 1. The third-order valence-electron chi connectivity index (χ3n) is 1.84. The number of hydrogen-bond donors (Lipinski definition) is 0. The Morgan fingerprint density at radius 1 is 1.21 bits per heavy atom. The smallest absolute Gasteiger partial charge is 0.309 e. The zero-order valence-electron chi connectivity index (χ0n) is 9.16. The molecule has 14 heavy (non-hydrogen) atoms. The average Bonchev–Trinajstić information content (AvgIpc) is 2.21. The van der Waals surface area contributed by atoms with Gasteiger partial charge in [-0.05, 0) is 12.8 Å². The molecule has 2 nitrogen and oxygen atoms in total. The summed E-state index contributed by atoms with van der Waals surface area (Å²) in [5.74, 6) is -0.184. The van der Waals surface area contributed by atoms with Crippen molar-refractivity contribution in [3.63, 3.8) is 0 Å². The van der Waals surface area contributed by atoms with Gasteiger partial charge in [-0.25, -0.2) is 0 Å². The average molecular weight is 196 g/mol. The van der Waals surface area contributed by atoms with E-state index in [2.05, 4.69) is 23.8 Å². The summed E-state index contributed by atoms with van der Waals surface area (Å²) in [6.07, 6.45) is 13.1. The van der Waals surface area contributed by atoms with Gasteiger partial charge in [0.25, 0.3) is 0 Å². The van der Waals surface area contributed by atoms with Crippen molar-refractivity contribution in [3.05, 3.63) is 24.3 Å². The Balaban J connectivity index is 3.34. The van der Waals surface area contributed by atoms with Crippen molar-refractivity contribution in [2.75, 3.05) is 7.11 Å². The molecule has 0 amide bonds. The van der Waals surface area contributed by atoms with E-state index in [9.17, 15) is 4.79 Å². The van der Waals surface area contributed by atoms with Gasteiger partial charge in [0.1, 0.15) is 0 Å². The standard InChI is InChI=1S/C12H20O2/c1-3-4-5-6-7-8-9-10-11-12(13)14-2/h6-7,9-10H,3-5,8,11H2,1-2H3/b7-6+,10-9+. The molecule has 0 unspecified atom stereocenters. The van der Waals surface area contributed by atoms with Crippen LogP contribution in [0.3, 0.4) is 0 Å². The van der Waals surface area contributed by atoms with E-state index in [1.54, 1.807) is 0 Å². The van der Waals surface area contributed by atoms with Crippen LogP contribution in [0, 0.1) is 0 Å². The number of hydrogen-bond acceptors (Lipinski definition) is 2. The lowest BCUT2D eigenvalue weighted by Gasteiger charge is -1.91. The molecule has 0 aromatic rings. The minimum absolute atomic E-state index is 0.184. The summed E-state index contributed by atoms with van der Waals surface area (Å²) >= 11 is 0. The molecule has 0 atom stereocenters. The van der Waals surface area contributed by atoms with E-state index >= 15 is 0 Å². The first-order chi connectivity index (χ1) is 6.81. The predicted molar refractivity (Wildman–Crippen MR) is 59.1 cm³/mol. The molecule has 0 bridgehead atoms. The largest absolute Gasteiger partial charge is 0.469 e. The lowest BCUT2D eigenvalue weighted by Crippen LogP contribution is -1.96. The SMILES string of the molecule is CCCC/C=C/C/C=C/CC(=O)OC. The fourth-order valence-corrected chi connectivity index (χ4v) is 0.974. The Kier molecular flexibility index (Phi) is 9.28. The summed E-state index contributed by atoms with van der Waals surface area (Å²) in [7, 11) is 1.40. The number of unbranched alkanes of at least 4 members (excludes halogenated alkanes) is 2. The van der Waals surface area contributed by atoms with Gasteiger partial charge in [-0.1, -0.05) is 44.1 Å². The lowest BCUT2D eigenvalue weighted by molar-refractivity contribution is -0.139. The molecule has 2 heteroatoms. The van der Waals surface area contributed by atoms with Crippen molar-refractivity contribution >= 4 is 5.97 Å². The van der Waals surface area contributed by atoms with Gasteiger partial charge >= 0.3 is 5.97 Å². The highest BCUT2D eigenvalue weighted by Gasteiger charge is 1.92. The number of carbonyl (C=O) groups is 1. The van der Waals surface area contributed by atoms with Gasteiger partial charge in [-0.15, -0.1) is 0 Å². The first kappa shape index (κ1) is 12.9. The molecule has 0 rings (SSSR count). The fraction of sp³-hybridized carbons (Fsp3) is 0.583. The predicted octanol–water partition coefficient (Wildman–Crippen LogP) is 3.24. The van der Waals surface area contributed by atoms with Gasteiger partial charge in [0.2, 0.25) is 0 Å². The third kappa shape index (κ3) is 9.04. The monoisotopic (exact) mass is 196 g/mol. The van der Waals surface area contributed by atoms with Crippen molar-refractivity contribution in [1.29, 1.82) is 0 Å². The first-order valence-corrected chi connectivity index (χ1v) is 5.18. The van der Waals surface area contributed by atoms with Gasteiger partial charge in [0, 0.05) is 0 Å². The van der Waals surface area contributed by atoms with Crippen LogP contribution in [0.1, 0.15) is 39.0 Å². The molecule has 0 aliphatic heterocycles. The van der Waals surface area contributed by atoms with Crippen LogP contribution in [0.2, 0.25) is 0 Å². The van der Waals surface area contributed by atoms with Crippen LogP contribution in [-0.4, -0.2) is 13.1 Å². The molecular formula is C12H20O2. The maximum atomic E-state index is 10.7. The Morgan fingerprint density at radius 3 is 2.57 bits per heavy atom. The highest BCUT2D eigenvalue weighted by atomic mass is 16.5. The Hall–Kier alpha value is -1.05. The summed E-state index contributed by atoms with van der Waals surface area (Å²) in [5.41, 5.74) is 0. The molecule has 0 spiro atoms. The minimum Gasteiger partial charge on any atom is -0.469 e. The van der Waals surface area contributed by atoms with Crippen molar-refractivity contribution in [1.82, 2.24) is 0 Å². The van der Waals surface area contributed by atoms with E-state index in [4.69, 9.17) is 0 Å².